The van der Waals surface area contributed by atoms with Crippen molar-refractivity contribution in [2.24, 2.45) is 0 Å². The van der Waals surface area contributed by atoms with Crippen molar-refractivity contribution in [2.75, 3.05) is 0 Å². The van der Waals surface area contributed by atoms with Crippen LogP contribution in [-0.4, -0.2) is 16.2 Å². The molecule has 7 heteroatoms. The Balaban J connectivity index is 1.84. The molecular weight excluding hydrogens is 383 g/mol. The van der Waals surface area contributed by atoms with Crippen molar-refractivity contribution in [1.29, 1.82) is 0 Å². The standard InChI is InChI=1S/C18H15Cl3N2O2/c1-10(2)24-12-8-6-11(7-9-12)16(21)18-22-17(23-25-18)15-13(19)4-3-5-14(15)20/h3-10,16H,1-2H3. The van der Waals surface area contributed by atoms with E-state index >= 15 is 0 Å². The quantitative estimate of drug-likeness (QED) is 0.484. The fourth-order valence-corrected chi connectivity index (χ4v) is 3.08. The molecule has 0 spiro atoms. The van der Waals surface area contributed by atoms with Gasteiger partial charge in [-0.1, -0.05) is 46.6 Å². The van der Waals surface area contributed by atoms with Crippen LogP contribution in [0.25, 0.3) is 11.4 Å². The lowest BCUT2D eigenvalue weighted by atomic mass is 10.1. The first-order chi connectivity index (χ1) is 12.0. The van der Waals surface area contributed by atoms with Gasteiger partial charge in [0.25, 0.3) is 0 Å². The Bertz CT molecular complexity index is 843. The van der Waals surface area contributed by atoms with Gasteiger partial charge in [-0.05, 0) is 43.7 Å². The fraction of sp³-hybridized carbons (Fsp3) is 0.222. The van der Waals surface area contributed by atoms with Crippen LogP contribution in [0.2, 0.25) is 10.0 Å². The second-order valence-electron chi connectivity index (χ2n) is 5.65. The number of alkyl halides is 1. The van der Waals surface area contributed by atoms with Crippen molar-refractivity contribution >= 4 is 34.8 Å². The third kappa shape index (κ3) is 4.09. The molecular formula is C18H15Cl3N2O2. The summed E-state index contributed by atoms with van der Waals surface area (Å²) < 4.78 is 10.9. The van der Waals surface area contributed by atoms with Gasteiger partial charge in [-0.25, -0.2) is 0 Å². The number of hydrogen-bond acceptors (Lipinski definition) is 4. The minimum atomic E-state index is -0.587. The first-order valence-corrected chi connectivity index (χ1v) is 8.83. The van der Waals surface area contributed by atoms with Crippen LogP contribution in [0.15, 0.2) is 47.0 Å². The highest BCUT2D eigenvalue weighted by Crippen LogP contribution is 2.35. The van der Waals surface area contributed by atoms with Crippen LogP contribution < -0.4 is 4.74 Å². The largest absolute Gasteiger partial charge is 0.491 e. The summed E-state index contributed by atoms with van der Waals surface area (Å²) in [6, 6.07) is 12.6. The zero-order valence-electron chi connectivity index (χ0n) is 13.5. The fourth-order valence-electron chi connectivity index (χ4n) is 2.28. The summed E-state index contributed by atoms with van der Waals surface area (Å²) in [5.74, 6) is 1.35. The molecule has 0 saturated carbocycles. The van der Waals surface area contributed by atoms with E-state index in [0.717, 1.165) is 11.3 Å². The molecule has 3 aromatic rings. The molecule has 0 radical (unpaired) electrons. The molecule has 1 aromatic heterocycles. The van der Waals surface area contributed by atoms with E-state index in [2.05, 4.69) is 10.1 Å². The van der Waals surface area contributed by atoms with E-state index in [9.17, 15) is 0 Å². The van der Waals surface area contributed by atoms with Crippen LogP contribution in [0.1, 0.15) is 30.7 Å². The maximum absolute atomic E-state index is 6.47. The monoisotopic (exact) mass is 396 g/mol. The van der Waals surface area contributed by atoms with E-state index in [1.165, 1.54) is 0 Å². The van der Waals surface area contributed by atoms with Crippen molar-refractivity contribution in [3.05, 3.63) is 64.0 Å². The number of benzene rings is 2. The smallest absolute Gasteiger partial charge is 0.249 e. The summed E-state index contributed by atoms with van der Waals surface area (Å²) in [6.07, 6.45) is 0.108. The van der Waals surface area contributed by atoms with E-state index in [1.54, 1.807) is 18.2 Å². The number of halogens is 3. The molecule has 1 unspecified atom stereocenters. The summed E-state index contributed by atoms with van der Waals surface area (Å²) in [4.78, 5) is 4.34. The average Bonchev–Trinajstić information content (AvgIpc) is 3.04. The Kier molecular flexibility index (Phi) is 5.52. The Morgan fingerprint density at radius 1 is 1.00 bits per heavy atom. The van der Waals surface area contributed by atoms with Crippen LogP contribution >= 0.6 is 34.8 Å². The lowest BCUT2D eigenvalue weighted by Gasteiger charge is -2.11. The minimum absolute atomic E-state index is 0.108. The van der Waals surface area contributed by atoms with Gasteiger partial charge < -0.3 is 9.26 Å². The van der Waals surface area contributed by atoms with Crippen molar-refractivity contribution < 1.29 is 9.26 Å². The van der Waals surface area contributed by atoms with Gasteiger partial charge in [-0.3, -0.25) is 0 Å². The predicted molar refractivity (Wildman–Crippen MR) is 99.7 cm³/mol. The van der Waals surface area contributed by atoms with Crippen molar-refractivity contribution in [3.63, 3.8) is 0 Å². The maximum Gasteiger partial charge on any atom is 0.249 e. The second-order valence-corrected chi connectivity index (χ2v) is 6.90. The molecule has 130 valence electrons. The first kappa shape index (κ1) is 18.1. The Morgan fingerprint density at radius 2 is 1.64 bits per heavy atom. The van der Waals surface area contributed by atoms with Gasteiger partial charge >= 0.3 is 0 Å². The number of aromatic nitrogens is 2. The summed E-state index contributed by atoms with van der Waals surface area (Å²) in [5.41, 5.74) is 1.34. The zero-order chi connectivity index (χ0) is 18.0. The molecule has 4 nitrogen and oxygen atoms in total. The lowest BCUT2D eigenvalue weighted by molar-refractivity contribution is 0.242. The molecule has 2 aromatic carbocycles. The molecule has 0 saturated heterocycles. The predicted octanol–water partition coefficient (Wildman–Crippen LogP) is 6.16. The van der Waals surface area contributed by atoms with Crippen LogP contribution in [0.3, 0.4) is 0 Å². The van der Waals surface area contributed by atoms with Gasteiger partial charge in [-0.15, -0.1) is 11.6 Å². The molecule has 25 heavy (non-hydrogen) atoms. The van der Waals surface area contributed by atoms with Gasteiger partial charge in [0.05, 0.1) is 21.7 Å². The van der Waals surface area contributed by atoms with Crippen LogP contribution in [0.4, 0.5) is 0 Å². The lowest BCUT2D eigenvalue weighted by Crippen LogP contribution is -2.05. The van der Waals surface area contributed by atoms with Crippen molar-refractivity contribution in [1.82, 2.24) is 10.1 Å². The van der Waals surface area contributed by atoms with E-state index in [-0.39, 0.29) is 12.0 Å². The van der Waals surface area contributed by atoms with Gasteiger partial charge in [0.2, 0.25) is 11.7 Å². The van der Waals surface area contributed by atoms with Gasteiger partial charge in [0, 0.05) is 0 Å². The zero-order valence-corrected chi connectivity index (χ0v) is 15.8. The molecule has 0 aliphatic rings. The van der Waals surface area contributed by atoms with E-state index in [1.807, 2.05) is 38.1 Å². The van der Waals surface area contributed by atoms with Gasteiger partial charge in [-0.2, -0.15) is 4.98 Å². The third-order valence-electron chi connectivity index (χ3n) is 3.39. The normalized spacial score (nSPS) is 12.4. The number of nitrogens with zero attached hydrogens (tertiary/aromatic N) is 2. The average molecular weight is 398 g/mol. The number of rotatable bonds is 5. The van der Waals surface area contributed by atoms with Crippen molar-refractivity contribution in [2.45, 2.75) is 25.3 Å². The van der Waals surface area contributed by atoms with Crippen LogP contribution in [0, 0.1) is 0 Å². The maximum atomic E-state index is 6.47. The van der Waals surface area contributed by atoms with E-state index in [4.69, 9.17) is 44.1 Å². The highest BCUT2D eigenvalue weighted by atomic mass is 35.5. The molecule has 0 N–H and O–H groups in total. The molecule has 3 rings (SSSR count). The number of hydrogen-bond donors (Lipinski definition) is 0. The highest BCUT2D eigenvalue weighted by molar-refractivity contribution is 6.38. The van der Waals surface area contributed by atoms with Crippen molar-refractivity contribution in [3.8, 4) is 17.1 Å². The molecule has 0 aliphatic carbocycles. The summed E-state index contributed by atoms with van der Waals surface area (Å²) in [5, 5.41) is 4.25. The minimum Gasteiger partial charge on any atom is -0.491 e. The van der Waals surface area contributed by atoms with Crippen LogP contribution in [0.5, 0.6) is 5.75 Å². The summed E-state index contributed by atoms with van der Waals surface area (Å²) in [6.45, 7) is 3.94. The molecule has 0 bridgehead atoms. The first-order valence-electron chi connectivity index (χ1n) is 7.64. The molecule has 1 heterocycles. The third-order valence-corrected chi connectivity index (χ3v) is 4.46. The highest BCUT2D eigenvalue weighted by Gasteiger charge is 2.21. The molecule has 0 amide bonds. The molecule has 0 aliphatic heterocycles. The summed E-state index contributed by atoms with van der Waals surface area (Å²) in [7, 11) is 0. The van der Waals surface area contributed by atoms with Crippen LogP contribution in [-0.2, 0) is 0 Å². The molecule has 1 atom stereocenters. The molecule has 0 fully saturated rings. The Hall–Kier alpha value is -1.75. The number of ether oxygens (including phenoxy) is 1. The van der Waals surface area contributed by atoms with E-state index in [0.29, 0.717) is 21.4 Å². The van der Waals surface area contributed by atoms with Gasteiger partial charge in [0.15, 0.2) is 0 Å². The SMILES string of the molecule is CC(C)Oc1ccc(C(Cl)c2nc(-c3c(Cl)cccc3Cl)no2)cc1. The topological polar surface area (TPSA) is 48.2 Å². The Morgan fingerprint density at radius 3 is 2.24 bits per heavy atom. The van der Waals surface area contributed by atoms with E-state index < -0.39 is 5.38 Å². The second kappa shape index (κ2) is 7.65. The van der Waals surface area contributed by atoms with Gasteiger partial charge in [0.1, 0.15) is 11.1 Å². The summed E-state index contributed by atoms with van der Waals surface area (Å²) >= 11 is 18.8. The Labute approximate surface area is 160 Å².